The van der Waals surface area contributed by atoms with E-state index in [9.17, 15) is 0 Å². The van der Waals surface area contributed by atoms with Gasteiger partial charge in [-0.2, -0.15) is 10.2 Å². The van der Waals surface area contributed by atoms with Gasteiger partial charge >= 0.3 is 0 Å². The third kappa shape index (κ3) is 226. The Hall–Kier alpha value is -4.39. The van der Waals surface area contributed by atoms with E-state index in [-0.39, 0.29) is 0 Å². The Morgan fingerprint density at radius 1 is 0.200 bits per heavy atom. The monoisotopic (exact) mass is 838 g/mol. The molecule has 0 fully saturated rings. The fourth-order valence-electron chi connectivity index (χ4n) is 1.46. The summed E-state index contributed by atoms with van der Waals surface area (Å²) in [6.07, 6.45) is 18.2. The second kappa shape index (κ2) is 95.2. The van der Waals surface area contributed by atoms with Crippen LogP contribution in [0.4, 0.5) is 0 Å². The van der Waals surface area contributed by atoms with Crippen molar-refractivity contribution in [3.63, 3.8) is 0 Å². The van der Waals surface area contributed by atoms with Crippen LogP contribution in [0.15, 0.2) is 141 Å². The summed E-state index contributed by atoms with van der Waals surface area (Å²) in [6.45, 7) is 52.5. The molecule has 0 atom stereocenters. The molecule has 5 rings (SSSR count). The van der Waals surface area contributed by atoms with Crippen molar-refractivity contribution in [1.82, 2.24) is 35.1 Å². The van der Waals surface area contributed by atoms with Crippen molar-refractivity contribution in [1.29, 1.82) is 0 Å². The minimum atomic E-state index is 0.833. The second-order valence-corrected chi connectivity index (χ2v) is 13.6. The van der Waals surface area contributed by atoms with E-state index in [2.05, 4.69) is 139 Å². The Bertz CT molecular complexity index is 751. The smallest absolute Gasteiger partial charge is 0.115 e. The average molecular weight is 838 g/mol. The fourth-order valence-corrected chi connectivity index (χ4v) is 1.46. The van der Waals surface area contributed by atoms with Crippen LogP contribution in [0.3, 0.4) is 0 Å². The molecule has 0 N–H and O–H groups in total. The van der Waals surface area contributed by atoms with Gasteiger partial charge < -0.3 is 0 Å². The summed E-state index contributed by atoms with van der Waals surface area (Å²) in [7, 11) is 0. The Morgan fingerprint density at radius 3 is 0.450 bits per heavy atom. The molecule has 0 amide bonds. The largest absolute Gasteiger partial charge is 0.265 e. The summed E-state index contributed by atoms with van der Waals surface area (Å²) in [5, 5.41) is 7.07. The lowest BCUT2D eigenvalue weighted by molar-refractivity contribution is 0.736. The van der Waals surface area contributed by atoms with Crippen LogP contribution in [0.2, 0.25) is 0 Å². The average Bonchev–Trinajstić information content (AvgIpc) is 3.27. The molecule has 60 heavy (non-hydrogen) atoms. The summed E-state index contributed by atoms with van der Waals surface area (Å²) in [6, 6.07) is 23.1. The van der Waals surface area contributed by atoms with E-state index in [1.165, 1.54) is 6.33 Å². The molecule has 350 valence electrons. The number of rotatable bonds is 0. The van der Waals surface area contributed by atoms with Crippen molar-refractivity contribution in [3.8, 4) is 0 Å². The molecule has 0 saturated carbocycles. The highest BCUT2D eigenvalue weighted by Gasteiger charge is 1.70. The third-order valence-electron chi connectivity index (χ3n) is 2.67. The normalized spacial score (nSPS) is 7.50. The number of pyridine rings is 1. The van der Waals surface area contributed by atoms with E-state index in [1.807, 2.05) is 136 Å². The fraction of sp³-hybridized carbons (Fsp3) is 0.566. The van der Waals surface area contributed by atoms with Crippen LogP contribution in [0.1, 0.15) is 173 Å². The van der Waals surface area contributed by atoms with Crippen molar-refractivity contribution >= 4 is 0 Å². The molecule has 0 aliphatic heterocycles. The first-order valence-electron chi connectivity index (χ1n) is 22.6. The first kappa shape index (κ1) is 79.7. The van der Waals surface area contributed by atoms with E-state index in [0.29, 0.717) is 0 Å². The van der Waals surface area contributed by atoms with Gasteiger partial charge in [0.1, 0.15) is 6.33 Å². The summed E-state index contributed by atoms with van der Waals surface area (Å²) >= 11 is 0. The molecule has 4 aromatic heterocycles. The molecule has 0 spiro atoms. The van der Waals surface area contributed by atoms with Crippen molar-refractivity contribution in [2.45, 2.75) is 173 Å². The maximum atomic E-state index is 3.78. The summed E-state index contributed by atoms with van der Waals surface area (Å²) < 4.78 is 0. The molecule has 0 unspecified atom stereocenters. The standard InChI is InChI=1S/C6H6.C5H5N.3C4H4N2.5C4H10.5C2H6/c2*1-2-4-6-5-3-1;1-2-6-4-3-5-1;1-2-5-4-6-3-1;1-2-4-6-5-3-1;5*1-4(2)3;5*1-2/h1-6H;1-5H;3*1-4H;5*4H,1-3H3;5*1-2H3. The molecule has 4 heterocycles. The van der Waals surface area contributed by atoms with E-state index < -0.39 is 0 Å². The highest BCUT2D eigenvalue weighted by atomic mass is 15.1. The quantitative estimate of drug-likeness (QED) is 0.153. The third-order valence-corrected chi connectivity index (χ3v) is 2.67. The van der Waals surface area contributed by atoms with Gasteiger partial charge in [-0.1, -0.05) is 216 Å². The van der Waals surface area contributed by atoms with Gasteiger partial charge in [-0.15, -0.1) is 0 Å². The van der Waals surface area contributed by atoms with Crippen LogP contribution < -0.4 is 0 Å². The first-order chi connectivity index (χ1) is 28.7. The van der Waals surface area contributed by atoms with Crippen LogP contribution >= 0.6 is 0 Å². The number of aromatic nitrogens is 7. The Labute approximate surface area is 377 Å². The predicted molar refractivity (Wildman–Crippen MR) is 276 cm³/mol. The van der Waals surface area contributed by atoms with E-state index >= 15 is 0 Å². The minimum absolute atomic E-state index is 0.833. The molecule has 0 saturated heterocycles. The Morgan fingerprint density at radius 2 is 0.367 bits per heavy atom. The van der Waals surface area contributed by atoms with Gasteiger partial charge in [0.2, 0.25) is 0 Å². The zero-order valence-corrected chi connectivity index (χ0v) is 44.3. The van der Waals surface area contributed by atoms with Crippen molar-refractivity contribution in [2.75, 3.05) is 0 Å². The number of benzene rings is 1. The molecule has 0 aliphatic carbocycles. The lowest BCUT2D eigenvalue weighted by Gasteiger charge is -1.79. The highest BCUT2D eigenvalue weighted by Crippen LogP contribution is 1.83. The highest BCUT2D eigenvalue weighted by molar-refractivity contribution is 4.99. The second-order valence-electron chi connectivity index (χ2n) is 13.6. The summed E-state index contributed by atoms with van der Waals surface area (Å²) in [5.74, 6) is 4.17. The van der Waals surface area contributed by atoms with E-state index in [4.69, 9.17) is 0 Å². The van der Waals surface area contributed by atoms with Crippen molar-refractivity contribution in [2.24, 2.45) is 29.6 Å². The summed E-state index contributed by atoms with van der Waals surface area (Å²) in [5.41, 5.74) is 0. The number of hydrogen-bond donors (Lipinski definition) is 0. The minimum Gasteiger partial charge on any atom is -0.265 e. The lowest BCUT2D eigenvalue weighted by atomic mass is 10.3. The molecule has 5 aromatic rings. The molecule has 0 aliphatic rings. The predicted octanol–water partition coefficient (Wildman–Crippen LogP) is 17.6. The van der Waals surface area contributed by atoms with Gasteiger partial charge in [-0.05, 0) is 59.9 Å². The molecular weight excluding hydrogens is 735 g/mol. The van der Waals surface area contributed by atoms with Gasteiger partial charge in [0, 0.05) is 62.0 Å². The van der Waals surface area contributed by atoms with Crippen LogP contribution in [0.5, 0.6) is 0 Å². The van der Waals surface area contributed by atoms with Crippen LogP contribution in [0, 0.1) is 29.6 Å². The lowest BCUT2D eigenvalue weighted by Crippen LogP contribution is -1.69. The van der Waals surface area contributed by atoms with Crippen molar-refractivity contribution in [3.05, 3.63) is 141 Å². The molecular formula is C53H103N7. The zero-order valence-electron chi connectivity index (χ0n) is 44.3. The number of nitrogens with zero attached hydrogens (tertiary/aromatic N) is 7. The molecule has 0 bridgehead atoms. The molecule has 7 heteroatoms. The molecule has 7 nitrogen and oxygen atoms in total. The Kier molecular flexibility index (Phi) is 126. The number of hydrogen-bond acceptors (Lipinski definition) is 7. The zero-order chi connectivity index (χ0) is 49.1. The van der Waals surface area contributed by atoms with Gasteiger partial charge in [0.25, 0.3) is 0 Å². The Balaban J connectivity index is -0.0000000569. The summed E-state index contributed by atoms with van der Waals surface area (Å²) in [4.78, 5) is 18.6. The van der Waals surface area contributed by atoms with Gasteiger partial charge in [0.15, 0.2) is 0 Å². The molecule has 0 radical (unpaired) electrons. The van der Waals surface area contributed by atoms with Crippen LogP contribution in [-0.4, -0.2) is 35.1 Å². The van der Waals surface area contributed by atoms with Gasteiger partial charge in [0.05, 0.1) is 0 Å². The maximum Gasteiger partial charge on any atom is 0.115 e. The van der Waals surface area contributed by atoms with E-state index in [1.54, 1.807) is 68.0 Å². The van der Waals surface area contributed by atoms with Crippen LogP contribution in [-0.2, 0) is 0 Å². The van der Waals surface area contributed by atoms with E-state index in [0.717, 1.165) is 29.6 Å². The topological polar surface area (TPSA) is 90.2 Å². The maximum absolute atomic E-state index is 3.78. The molecule has 1 aromatic carbocycles. The van der Waals surface area contributed by atoms with Crippen molar-refractivity contribution < 1.29 is 0 Å². The SMILES string of the molecule is CC.CC.CC.CC.CC.CC(C)C.CC(C)C.CC(C)C.CC(C)C.CC(C)C.c1ccccc1.c1ccncc1.c1ccnnc1.c1cnccn1.c1cncnc1. The van der Waals surface area contributed by atoms with Crippen LogP contribution in [0.25, 0.3) is 0 Å². The van der Waals surface area contributed by atoms with Gasteiger partial charge in [-0.3, -0.25) is 15.0 Å². The first-order valence-corrected chi connectivity index (χ1v) is 22.6. The van der Waals surface area contributed by atoms with Gasteiger partial charge in [-0.25, -0.2) is 9.97 Å².